The van der Waals surface area contributed by atoms with Gasteiger partial charge in [0.05, 0.1) is 18.5 Å². The van der Waals surface area contributed by atoms with Gasteiger partial charge in [-0.3, -0.25) is 0 Å². The summed E-state index contributed by atoms with van der Waals surface area (Å²) in [5.41, 5.74) is 1.61. The number of carboxylic acids is 1. The molecular formula is C15H13FN2O3. The Balaban J connectivity index is 2.19. The summed E-state index contributed by atoms with van der Waals surface area (Å²) in [6, 6.07) is 5.78. The van der Waals surface area contributed by atoms with Crippen molar-refractivity contribution in [3.63, 3.8) is 0 Å². The van der Waals surface area contributed by atoms with Crippen LogP contribution in [0.5, 0.6) is 5.88 Å². The van der Waals surface area contributed by atoms with Crippen molar-refractivity contribution in [3.8, 4) is 17.1 Å². The molecule has 5 nitrogen and oxygen atoms in total. The van der Waals surface area contributed by atoms with Crippen LogP contribution in [-0.2, 0) is 0 Å². The van der Waals surface area contributed by atoms with E-state index < -0.39 is 5.97 Å². The molecule has 0 atom stereocenters. The van der Waals surface area contributed by atoms with Gasteiger partial charge in [0.2, 0.25) is 11.6 Å². The Morgan fingerprint density at radius 1 is 1.29 bits per heavy atom. The van der Waals surface area contributed by atoms with Gasteiger partial charge >= 0.3 is 5.97 Å². The predicted octanol–water partition coefficient (Wildman–Crippen LogP) is 2.87. The van der Waals surface area contributed by atoms with Crippen molar-refractivity contribution >= 4 is 5.97 Å². The summed E-state index contributed by atoms with van der Waals surface area (Å²) >= 11 is 0. The smallest absolute Gasteiger partial charge is 0.360 e. The first kappa shape index (κ1) is 13.5. The van der Waals surface area contributed by atoms with Crippen molar-refractivity contribution in [2.45, 2.75) is 18.8 Å². The van der Waals surface area contributed by atoms with Crippen molar-refractivity contribution in [2.24, 2.45) is 0 Å². The number of methoxy groups -OCH3 is 1. The van der Waals surface area contributed by atoms with Crippen molar-refractivity contribution in [2.75, 3.05) is 7.11 Å². The van der Waals surface area contributed by atoms with Crippen LogP contribution in [0.25, 0.3) is 11.3 Å². The maximum atomic E-state index is 13.0. The Morgan fingerprint density at radius 2 is 1.95 bits per heavy atom. The molecule has 1 heterocycles. The van der Waals surface area contributed by atoms with Crippen LogP contribution in [-0.4, -0.2) is 28.2 Å². The minimum atomic E-state index is -1.20. The van der Waals surface area contributed by atoms with E-state index in [2.05, 4.69) is 9.97 Å². The number of aromatic carboxylic acids is 1. The molecule has 6 heteroatoms. The molecule has 1 aromatic carbocycles. The van der Waals surface area contributed by atoms with Gasteiger partial charge in [0.25, 0.3) is 0 Å². The number of ether oxygens (including phenoxy) is 1. The lowest BCUT2D eigenvalue weighted by Gasteiger charge is -2.11. The van der Waals surface area contributed by atoms with Crippen LogP contribution in [0.15, 0.2) is 24.3 Å². The summed E-state index contributed by atoms with van der Waals surface area (Å²) in [5.74, 6) is -1.29. The van der Waals surface area contributed by atoms with E-state index in [1.165, 1.54) is 19.2 Å². The fourth-order valence-corrected chi connectivity index (χ4v) is 2.18. The van der Waals surface area contributed by atoms with Crippen LogP contribution in [0.3, 0.4) is 0 Å². The highest BCUT2D eigenvalue weighted by Crippen LogP contribution is 2.43. The molecule has 1 aliphatic carbocycles. The van der Waals surface area contributed by atoms with E-state index in [9.17, 15) is 14.3 Å². The number of carbonyl (C=O) groups is 1. The molecule has 1 aromatic heterocycles. The fourth-order valence-electron chi connectivity index (χ4n) is 2.18. The second-order valence-electron chi connectivity index (χ2n) is 4.90. The Kier molecular flexibility index (Phi) is 3.29. The number of halogens is 1. The van der Waals surface area contributed by atoms with E-state index in [4.69, 9.17) is 4.74 Å². The molecule has 1 aliphatic rings. The lowest BCUT2D eigenvalue weighted by molar-refractivity contribution is 0.0685. The van der Waals surface area contributed by atoms with Gasteiger partial charge in [-0.2, -0.15) is 0 Å². The van der Waals surface area contributed by atoms with Gasteiger partial charge in [-0.15, -0.1) is 0 Å². The second kappa shape index (κ2) is 5.12. The van der Waals surface area contributed by atoms with Crippen molar-refractivity contribution in [1.82, 2.24) is 9.97 Å². The lowest BCUT2D eigenvalue weighted by Crippen LogP contribution is -2.09. The normalized spacial score (nSPS) is 14.0. The molecule has 0 aliphatic heterocycles. The fraction of sp³-hybridized carbons (Fsp3) is 0.267. The van der Waals surface area contributed by atoms with Gasteiger partial charge in [-0.05, 0) is 37.1 Å². The molecule has 1 saturated carbocycles. The van der Waals surface area contributed by atoms with Crippen LogP contribution >= 0.6 is 0 Å². The molecule has 0 spiro atoms. The molecule has 1 fully saturated rings. The summed E-state index contributed by atoms with van der Waals surface area (Å²) in [7, 11) is 1.37. The molecule has 3 rings (SSSR count). The average Bonchev–Trinajstić information content (AvgIpc) is 3.31. The Bertz CT molecular complexity index is 697. The van der Waals surface area contributed by atoms with Gasteiger partial charge in [0, 0.05) is 11.5 Å². The minimum absolute atomic E-state index is 0.00950. The summed E-state index contributed by atoms with van der Waals surface area (Å²) < 4.78 is 18.1. The zero-order valence-electron chi connectivity index (χ0n) is 11.3. The number of carboxylic acid groups (broad SMARTS) is 1. The third-order valence-electron chi connectivity index (χ3n) is 3.37. The molecule has 0 radical (unpaired) electrons. The van der Waals surface area contributed by atoms with Crippen LogP contribution < -0.4 is 4.74 Å². The summed E-state index contributed by atoms with van der Waals surface area (Å²) in [5, 5.41) is 9.21. The molecule has 0 amide bonds. The first-order chi connectivity index (χ1) is 10.1. The molecule has 1 N–H and O–H groups in total. The van der Waals surface area contributed by atoms with Crippen molar-refractivity contribution in [3.05, 3.63) is 41.5 Å². The van der Waals surface area contributed by atoms with E-state index in [-0.39, 0.29) is 23.3 Å². The maximum Gasteiger partial charge on any atom is 0.360 e. The SMILES string of the molecule is COc1nc(C2CC2)c(-c2ccc(F)cc2)nc1C(=O)O. The summed E-state index contributed by atoms with van der Waals surface area (Å²) in [6.07, 6.45) is 1.97. The zero-order chi connectivity index (χ0) is 15.0. The predicted molar refractivity (Wildman–Crippen MR) is 72.9 cm³/mol. The highest BCUT2D eigenvalue weighted by Gasteiger charge is 2.31. The van der Waals surface area contributed by atoms with E-state index in [1.807, 2.05) is 0 Å². The number of hydrogen-bond donors (Lipinski definition) is 1. The second-order valence-corrected chi connectivity index (χ2v) is 4.90. The summed E-state index contributed by atoms with van der Waals surface area (Å²) in [6.45, 7) is 0. The number of aromatic nitrogens is 2. The van der Waals surface area contributed by atoms with Crippen molar-refractivity contribution in [1.29, 1.82) is 0 Å². The van der Waals surface area contributed by atoms with Gasteiger partial charge in [0.15, 0.2) is 0 Å². The van der Waals surface area contributed by atoms with E-state index >= 15 is 0 Å². The molecular weight excluding hydrogens is 275 g/mol. The Hall–Kier alpha value is -2.50. The Labute approximate surface area is 120 Å². The quantitative estimate of drug-likeness (QED) is 0.936. The number of rotatable bonds is 4. The number of nitrogens with zero attached hydrogens (tertiary/aromatic N) is 2. The standard InChI is InChI=1S/C15H13FN2O3/c1-21-14-13(15(19)20)17-11(12(18-14)8-2-3-8)9-4-6-10(16)7-5-9/h4-8H,2-3H2,1H3,(H,19,20). The van der Waals surface area contributed by atoms with Gasteiger partial charge in [-0.1, -0.05) is 0 Å². The molecule has 108 valence electrons. The Morgan fingerprint density at radius 3 is 2.48 bits per heavy atom. The van der Waals surface area contributed by atoms with Gasteiger partial charge < -0.3 is 9.84 Å². The van der Waals surface area contributed by atoms with Crippen LogP contribution in [0.2, 0.25) is 0 Å². The van der Waals surface area contributed by atoms with Crippen LogP contribution in [0.1, 0.15) is 34.9 Å². The number of benzene rings is 1. The summed E-state index contributed by atoms with van der Waals surface area (Å²) in [4.78, 5) is 19.8. The zero-order valence-corrected chi connectivity index (χ0v) is 11.3. The van der Waals surface area contributed by atoms with Crippen molar-refractivity contribution < 1.29 is 19.0 Å². The third kappa shape index (κ3) is 2.56. The highest BCUT2D eigenvalue weighted by atomic mass is 19.1. The molecule has 0 saturated heterocycles. The van der Waals surface area contributed by atoms with Gasteiger partial charge in [-0.25, -0.2) is 19.2 Å². The van der Waals surface area contributed by atoms with Crippen LogP contribution in [0, 0.1) is 5.82 Å². The molecule has 0 unspecified atom stereocenters. The lowest BCUT2D eigenvalue weighted by atomic mass is 10.1. The van der Waals surface area contributed by atoms with Crippen LogP contribution in [0.4, 0.5) is 4.39 Å². The van der Waals surface area contributed by atoms with E-state index in [0.29, 0.717) is 17.0 Å². The maximum absolute atomic E-state index is 13.0. The highest BCUT2D eigenvalue weighted by molar-refractivity contribution is 5.89. The number of hydrogen-bond acceptors (Lipinski definition) is 4. The molecule has 2 aromatic rings. The van der Waals surface area contributed by atoms with Gasteiger partial charge in [0.1, 0.15) is 5.82 Å². The van der Waals surface area contributed by atoms with E-state index in [1.54, 1.807) is 12.1 Å². The minimum Gasteiger partial charge on any atom is -0.479 e. The molecule has 0 bridgehead atoms. The monoisotopic (exact) mass is 288 g/mol. The first-order valence-corrected chi connectivity index (χ1v) is 6.55. The molecule has 21 heavy (non-hydrogen) atoms. The first-order valence-electron chi connectivity index (χ1n) is 6.55. The van der Waals surface area contributed by atoms with E-state index in [0.717, 1.165) is 12.8 Å². The largest absolute Gasteiger partial charge is 0.479 e. The average molecular weight is 288 g/mol. The topological polar surface area (TPSA) is 72.3 Å². The third-order valence-corrected chi connectivity index (χ3v) is 3.37.